The van der Waals surface area contributed by atoms with E-state index in [0.717, 1.165) is 24.2 Å². The fourth-order valence-corrected chi connectivity index (χ4v) is 4.23. The van der Waals surface area contributed by atoms with E-state index in [4.69, 9.17) is 4.74 Å². The zero-order valence-corrected chi connectivity index (χ0v) is 14.4. The molecule has 2 N–H and O–H groups in total. The molecule has 0 radical (unpaired) electrons. The van der Waals surface area contributed by atoms with Crippen molar-refractivity contribution in [2.24, 2.45) is 5.92 Å². The molecule has 126 valence electrons. The minimum atomic E-state index is -0.435. The highest BCUT2D eigenvalue weighted by Gasteiger charge is 2.35. The summed E-state index contributed by atoms with van der Waals surface area (Å²) in [5, 5.41) is 6.84. The van der Waals surface area contributed by atoms with E-state index in [1.165, 1.54) is 12.8 Å². The molecule has 4 heteroatoms. The van der Waals surface area contributed by atoms with Crippen molar-refractivity contribution in [3.63, 3.8) is 0 Å². The maximum atomic E-state index is 12.6. The Hall–Kier alpha value is -1.55. The van der Waals surface area contributed by atoms with Gasteiger partial charge in [-0.2, -0.15) is 0 Å². The lowest BCUT2D eigenvalue weighted by atomic mass is 9.88. The van der Waals surface area contributed by atoms with Gasteiger partial charge < -0.3 is 15.4 Å². The summed E-state index contributed by atoms with van der Waals surface area (Å²) in [5.74, 6) is 1.48. The van der Waals surface area contributed by atoms with Crippen LogP contribution >= 0.6 is 0 Å². The summed E-state index contributed by atoms with van der Waals surface area (Å²) in [6, 6.07) is 9.15. The summed E-state index contributed by atoms with van der Waals surface area (Å²) < 4.78 is 5.44. The first kappa shape index (κ1) is 16.3. The molecule has 0 aromatic heterocycles. The van der Waals surface area contributed by atoms with Gasteiger partial charge in [-0.1, -0.05) is 18.2 Å². The summed E-state index contributed by atoms with van der Waals surface area (Å²) in [5.41, 5.74) is 0.580. The highest BCUT2D eigenvalue weighted by molar-refractivity contribution is 5.77. The van der Waals surface area contributed by atoms with Gasteiger partial charge in [0.1, 0.15) is 5.75 Å². The van der Waals surface area contributed by atoms with E-state index in [0.29, 0.717) is 24.4 Å². The van der Waals surface area contributed by atoms with Crippen LogP contribution in [0.1, 0.15) is 51.5 Å². The Kier molecular flexibility index (Phi) is 4.62. The first-order valence-corrected chi connectivity index (χ1v) is 8.68. The summed E-state index contributed by atoms with van der Waals surface area (Å²) in [7, 11) is 1.67. The number of benzene rings is 1. The summed E-state index contributed by atoms with van der Waals surface area (Å²) in [4.78, 5) is 12.6. The van der Waals surface area contributed by atoms with Crippen LogP contribution in [0.25, 0.3) is 0 Å². The Labute approximate surface area is 139 Å². The van der Waals surface area contributed by atoms with Crippen LogP contribution in [0.15, 0.2) is 24.3 Å². The number of ether oxygens (including phenoxy) is 1. The number of amides is 1. The predicted molar refractivity (Wildman–Crippen MR) is 91.4 cm³/mol. The van der Waals surface area contributed by atoms with E-state index in [9.17, 15) is 4.79 Å². The normalized spacial score (nSPS) is 26.8. The monoisotopic (exact) mass is 316 g/mol. The van der Waals surface area contributed by atoms with Crippen LogP contribution in [-0.4, -0.2) is 25.1 Å². The summed E-state index contributed by atoms with van der Waals surface area (Å²) >= 11 is 0. The van der Waals surface area contributed by atoms with Gasteiger partial charge in [0.15, 0.2) is 0 Å². The van der Waals surface area contributed by atoms with Crippen molar-refractivity contribution in [1.82, 2.24) is 10.6 Å². The Morgan fingerprint density at radius 2 is 1.91 bits per heavy atom. The van der Waals surface area contributed by atoms with Gasteiger partial charge in [0.2, 0.25) is 5.91 Å². The number of rotatable bonds is 5. The van der Waals surface area contributed by atoms with E-state index in [1.54, 1.807) is 7.11 Å². The maximum Gasteiger partial charge on any atom is 0.220 e. The molecule has 3 rings (SSSR count). The van der Waals surface area contributed by atoms with Gasteiger partial charge in [0.25, 0.3) is 0 Å². The Bertz CT molecular complexity index is 558. The van der Waals surface area contributed by atoms with Crippen molar-refractivity contribution >= 4 is 5.91 Å². The number of piperidine rings is 1. The molecule has 2 aliphatic heterocycles. The molecule has 23 heavy (non-hydrogen) atoms. The highest BCUT2D eigenvalue weighted by atomic mass is 16.5. The minimum absolute atomic E-state index is 0.146. The molecule has 0 aliphatic carbocycles. The Morgan fingerprint density at radius 3 is 2.57 bits per heavy atom. The largest absolute Gasteiger partial charge is 0.496 e. The summed E-state index contributed by atoms with van der Waals surface area (Å²) in [6.45, 7) is 4.07. The van der Waals surface area contributed by atoms with E-state index in [2.05, 4.69) is 10.6 Å². The molecule has 0 saturated carbocycles. The van der Waals surface area contributed by atoms with Crippen molar-refractivity contribution in [1.29, 1.82) is 0 Å². The number of para-hydroxylation sites is 1. The van der Waals surface area contributed by atoms with E-state index >= 15 is 0 Å². The number of nitrogens with one attached hydrogen (secondary N) is 2. The maximum absolute atomic E-state index is 12.6. The Balaban J connectivity index is 1.62. The van der Waals surface area contributed by atoms with Crippen molar-refractivity contribution in [2.75, 3.05) is 7.11 Å². The first-order chi connectivity index (χ1) is 11.0. The molecule has 0 spiro atoms. The zero-order chi connectivity index (χ0) is 16.4. The fraction of sp³-hybridized carbons (Fsp3) is 0.632. The van der Waals surface area contributed by atoms with Crippen LogP contribution in [0.5, 0.6) is 5.75 Å². The highest BCUT2D eigenvalue weighted by Crippen LogP contribution is 2.33. The van der Waals surface area contributed by atoms with Crippen LogP contribution in [0.3, 0.4) is 0 Å². The Morgan fingerprint density at radius 1 is 1.26 bits per heavy atom. The molecule has 1 aromatic carbocycles. The third kappa shape index (κ3) is 3.69. The number of methoxy groups -OCH3 is 1. The van der Waals surface area contributed by atoms with Crippen LogP contribution in [0.4, 0.5) is 0 Å². The van der Waals surface area contributed by atoms with E-state index < -0.39 is 5.54 Å². The average molecular weight is 316 g/mol. The average Bonchev–Trinajstić information content (AvgIpc) is 2.85. The van der Waals surface area contributed by atoms with Gasteiger partial charge in [0, 0.05) is 24.1 Å². The van der Waals surface area contributed by atoms with Gasteiger partial charge in [-0.3, -0.25) is 4.79 Å². The molecule has 2 fully saturated rings. The smallest absolute Gasteiger partial charge is 0.220 e. The number of hydrogen-bond donors (Lipinski definition) is 2. The molecule has 1 aromatic rings. The number of fused-ring (bicyclic) bond motifs is 2. The molecule has 2 bridgehead atoms. The number of carbonyl (C=O) groups is 1. The topological polar surface area (TPSA) is 50.4 Å². The van der Waals surface area contributed by atoms with E-state index in [1.807, 2.05) is 38.1 Å². The van der Waals surface area contributed by atoms with Crippen molar-refractivity contribution in [2.45, 2.75) is 63.6 Å². The molecular weight excluding hydrogens is 288 g/mol. The predicted octanol–water partition coefficient (Wildman–Crippen LogP) is 2.97. The van der Waals surface area contributed by atoms with Crippen LogP contribution in [0.2, 0.25) is 0 Å². The molecule has 4 nitrogen and oxygen atoms in total. The minimum Gasteiger partial charge on any atom is -0.496 e. The van der Waals surface area contributed by atoms with Crippen LogP contribution in [0, 0.1) is 5.92 Å². The first-order valence-electron chi connectivity index (χ1n) is 8.68. The van der Waals surface area contributed by atoms with Crippen molar-refractivity contribution in [3.8, 4) is 5.75 Å². The molecular formula is C19H28N2O2. The molecule has 2 heterocycles. The van der Waals surface area contributed by atoms with Gasteiger partial charge in [0.05, 0.1) is 12.6 Å². The van der Waals surface area contributed by atoms with Gasteiger partial charge in [-0.05, 0) is 51.5 Å². The molecule has 2 atom stereocenters. The van der Waals surface area contributed by atoms with Gasteiger partial charge in [-0.15, -0.1) is 0 Å². The van der Waals surface area contributed by atoms with Gasteiger partial charge >= 0.3 is 0 Å². The second-order valence-corrected chi connectivity index (χ2v) is 7.55. The number of carbonyl (C=O) groups excluding carboxylic acids is 1. The lowest BCUT2D eigenvalue weighted by Crippen LogP contribution is -2.44. The van der Waals surface area contributed by atoms with Crippen LogP contribution in [-0.2, 0) is 10.3 Å². The second-order valence-electron chi connectivity index (χ2n) is 7.55. The lowest BCUT2D eigenvalue weighted by molar-refractivity contribution is -0.124. The fourth-order valence-electron chi connectivity index (χ4n) is 4.23. The quantitative estimate of drug-likeness (QED) is 0.878. The van der Waals surface area contributed by atoms with Crippen molar-refractivity contribution in [3.05, 3.63) is 29.8 Å². The van der Waals surface area contributed by atoms with Crippen molar-refractivity contribution < 1.29 is 9.53 Å². The second kappa shape index (κ2) is 6.52. The number of hydrogen-bond acceptors (Lipinski definition) is 3. The lowest BCUT2D eigenvalue weighted by Gasteiger charge is -2.32. The molecule has 2 saturated heterocycles. The van der Waals surface area contributed by atoms with E-state index in [-0.39, 0.29) is 5.91 Å². The third-order valence-corrected chi connectivity index (χ3v) is 5.28. The van der Waals surface area contributed by atoms with Crippen LogP contribution < -0.4 is 15.4 Å². The zero-order valence-electron chi connectivity index (χ0n) is 14.4. The SMILES string of the molecule is COc1ccccc1C(C)(C)NC(=O)CC1CC2CCC(C1)N2. The van der Waals surface area contributed by atoms with Gasteiger partial charge in [-0.25, -0.2) is 0 Å². The third-order valence-electron chi connectivity index (χ3n) is 5.28. The standard InChI is InChI=1S/C19H28N2O2/c1-19(2,16-6-4-5-7-17(16)23-3)21-18(22)12-13-10-14-8-9-15(11-13)20-14/h4-7,13-15,20H,8-12H2,1-3H3,(H,21,22). The molecule has 2 aliphatic rings. The summed E-state index contributed by atoms with van der Waals surface area (Å²) in [6.07, 6.45) is 5.45. The molecule has 1 amide bonds. The molecule has 2 unspecified atom stereocenters.